The van der Waals surface area contributed by atoms with Crippen molar-refractivity contribution < 1.29 is 9.47 Å². The van der Waals surface area contributed by atoms with Gasteiger partial charge in [0.05, 0.1) is 7.11 Å². The highest BCUT2D eigenvalue weighted by Gasteiger charge is 2.21. The zero-order valence-electron chi connectivity index (χ0n) is 11.7. The minimum atomic E-state index is 0.281. The average molecular weight is 281 g/mol. The summed E-state index contributed by atoms with van der Waals surface area (Å²) in [5.41, 5.74) is 6.95. The molecule has 0 saturated carbocycles. The van der Waals surface area contributed by atoms with Crippen molar-refractivity contribution >= 4 is 11.8 Å². The number of ether oxygens (including phenoxy) is 2. The molecule has 2 N–H and O–H groups in total. The van der Waals surface area contributed by atoms with E-state index in [1.54, 1.807) is 7.11 Å². The highest BCUT2D eigenvalue weighted by atomic mass is 32.2. The molecule has 1 unspecified atom stereocenters. The molecule has 19 heavy (non-hydrogen) atoms. The van der Waals surface area contributed by atoms with Crippen molar-refractivity contribution in [1.29, 1.82) is 0 Å². The molecule has 1 aromatic rings. The molecule has 106 valence electrons. The van der Waals surface area contributed by atoms with Gasteiger partial charge in [-0.25, -0.2) is 0 Å². The van der Waals surface area contributed by atoms with Crippen LogP contribution in [0.1, 0.15) is 31.2 Å². The van der Waals surface area contributed by atoms with Crippen LogP contribution in [0.2, 0.25) is 0 Å². The van der Waals surface area contributed by atoms with E-state index in [2.05, 4.69) is 13.0 Å². The second-order valence-corrected chi connectivity index (χ2v) is 6.17. The van der Waals surface area contributed by atoms with Crippen molar-refractivity contribution in [3.05, 3.63) is 23.8 Å². The third-order valence-corrected chi connectivity index (χ3v) is 4.62. The van der Waals surface area contributed by atoms with Crippen LogP contribution in [0.5, 0.6) is 11.5 Å². The number of rotatable bonds is 5. The first-order valence-corrected chi connectivity index (χ1v) is 8.03. The van der Waals surface area contributed by atoms with Gasteiger partial charge in [-0.1, -0.05) is 19.1 Å². The third-order valence-electron chi connectivity index (χ3n) is 3.57. The van der Waals surface area contributed by atoms with Gasteiger partial charge in [-0.3, -0.25) is 0 Å². The van der Waals surface area contributed by atoms with Crippen molar-refractivity contribution in [2.75, 3.05) is 25.2 Å². The monoisotopic (exact) mass is 281 g/mol. The predicted molar refractivity (Wildman–Crippen MR) is 81.4 cm³/mol. The van der Waals surface area contributed by atoms with E-state index in [0.717, 1.165) is 29.9 Å². The second kappa shape index (κ2) is 7.06. The number of hydrogen-bond donors (Lipinski definition) is 1. The molecule has 0 aliphatic carbocycles. The Labute approximate surface area is 119 Å². The van der Waals surface area contributed by atoms with Gasteiger partial charge in [-0.15, -0.1) is 0 Å². The number of para-hydroxylation sites is 1. The zero-order chi connectivity index (χ0) is 13.7. The fourth-order valence-corrected chi connectivity index (χ4v) is 3.36. The molecule has 1 saturated heterocycles. The van der Waals surface area contributed by atoms with Crippen LogP contribution in [-0.4, -0.2) is 31.3 Å². The van der Waals surface area contributed by atoms with E-state index in [0.29, 0.717) is 12.6 Å². The summed E-state index contributed by atoms with van der Waals surface area (Å²) >= 11 is 2.00. The Hall–Kier alpha value is -0.870. The molecule has 2 rings (SSSR count). The van der Waals surface area contributed by atoms with Crippen LogP contribution >= 0.6 is 11.8 Å². The van der Waals surface area contributed by atoms with E-state index in [9.17, 15) is 0 Å². The Balaban J connectivity index is 2.24. The van der Waals surface area contributed by atoms with Gasteiger partial charge >= 0.3 is 0 Å². The van der Waals surface area contributed by atoms with Gasteiger partial charge < -0.3 is 15.2 Å². The molecule has 3 nitrogen and oxygen atoms in total. The molecule has 1 fully saturated rings. The molecule has 0 radical (unpaired) electrons. The van der Waals surface area contributed by atoms with E-state index in [1.165, 1.54) is 11.5 Å². The van der Waals surface area contributed by atoms with Crippen LogP contribution in [-0.2, 0) is 0 Å². The quantitative estimate of drug-likeness (QED) is 0.901. The van der Waals surface area contributed by atoms with Gasteiger partial charge in [0, 0.05) is 5.56 Å². The van der Waals surface area contributed by atoms with Crippen LogP contribution in [0.15, 0.2) is 18.2 Å². The Morgan fingerprint density at radius 3 is 2.74 bits per heavy atom. The molecule has 1 aliphatic rings. The van der Waals surface area contributed by atoms with Gasteiger partial charge in [-0.2, -0.15) is 11.8 Å². The Kier molecular flexibility index (Phi) is 5.40. The topological polar surface area (TPSA) is 44.5 Å². The molecule has 1 heterocycles. The fourth-order valence-electron chi connectivity index (χ4n) is 2.30. The van der Waals surface area contributed by atoms with E-state index in [-0.39, 0.29) is 5.92 Å². The highest BCUT2D eigenvalue weighted by molar-refractivity contribution is 7.99. The molecule has 1 aromatic carbocycles. The van der Waals surface area contributed by atoms with Crippen LogP contribution < -0.4 is 15.2 Å². The molecule has 4 heteroatoms. The third kappa shape index (κ3) is 3.57. The van der Waals surface area contributed by atoms with E-state index in [1.807, 2.05) is 23.9 Å². The molecule has 0 aromatic heterocycles. The summed E-state index contributed by atoms with van der Waals surface area (Å²) in [6, 6.07) is 6.05. The van der Waals surface area contributed by atoms with Crippen LogP contribution in [0.25, 0.3) is 0 Å². The zero-order valence-corrected chi connectivity index (χ0v) is 12.5. The Morgan fingerprint density at radius 2 is 2.11 bits per heavy atom. The van der Waals surface area contributed by atoms with Gasteiger partial charge in [-0.05, 0) is 42.9 Å². The molecule has 0 bridgehead atoms. The number of benzene rings is 1. The number of thioether (sulfide) groups is 1. The number of methoxy groups -OCH3 is 1. The lowest BCUT2D eigenvalue weighted by Gasteiger charge is -2.26. The first kappa shape index (κ1) is 14.5. The SMILES string of the molecule is COc1cccc(C(C)CN)c1OC1CCSCC1. The summed E-state index contributed by atoms with van der Waals surface area (Å²) in [5.74, 6) is 4.35. The second-order valence-electron chi connectivity index (χ2n) is 4.94. The lowest BCUT2D eigenvalue weighted by atomic mass is 9.99. The van der Waals surface area contributed by atoms with Crippen LogP contribution in [0.4, 0.5) is 0 Å². The van der Waals surface area contributed by atoms with E-state index >= 15 is 0 Å². The van der Waals surface area contributed by atoms with Crippen LogP contribution in [0.3, 0.4) is 0 Å². The van der Waals surface area contributed by atoms with Gasteiger partial charge in [0.1, 0.15) is 6.10 Å². The number of nitrogens with two attached hydrogens (primary N) is 1. The van der Waals surface area contributed by atoms with Crippen molar-refractivity contribution in [3.8, 4) is 11.5 Å². The highest BCUT2D eigenvalue weighted by Crippen LogP contribution is 2.37. The normalized spacial score (nSPS) is 18.1. The summed E-state index contributed by atoms with van der Waals surface area (Å²) in [5, 5.41) is 0. The smallest absolute Gasteiger partial charge is 0.165 e. The lowest BCUT2D eigenvalue weighted by Crippen LogP contribution is -2.23. The van der Waals surface area contributed by atoms with Crippen LogP contribution in [0, 0.1) is 0 Å². The molecular formula is C15H23NO2S. The largest absolute Gasteiger partial charge is 0.493 e. The summed E-state index contributed by atoms with van der Waals surface area (Å²) in [7, 11) is 1.69. The molecular weight excluding hydrogens is 258 g/mol. The van der Waals surface area contributed by atoms with E-state index in [4.69, 9.17) is 15.2 Å². The summed E-state index contributed by atoms with van der Waals surface area (Å²) in [6.45, 7) is 2.74. The van der Waals surface area contributed by atoms with Gasteiger partial charge in [0.15, 0.2) is 11.5 Å². The first-order valence-electron chi connectivity index (χ1n) is 6.87. The Bertz CT molecular complexity index is 405. The minimum absolute atomic E-state index is 0.281. The maximum atomic E-state index is 6.24. The van der Waals surface area contributed by atoms with Gasteiger partial charge in [0.2, 0.25) is 0 Å². The minimum Gasteiger partial charge on any atom is -0.493 e. The molecule has 0 amide bonds. The maximum Gasteiger partial charge on any atom is 0.165 e. The first-order chi connectivity index (χ1) is 9.26. The standard InChI is InChI=1S/C15H23NO2S/c1-11(10-16)13-4-3-5-14(17-2)15(13)18-12-6-8-19-9-7-12/h3-5,11-12H,6-10,16H2,1-2H3. The summed E-state index contributed by atoms with van der Waals surface area (Å²) in [4.78, 5) is 0. The maximum absolute atomic E-state index is 6.24. The van der Waals surface area contributed by atoms with Crippen molar-refractivity contribution in [1.82, 2.24) is 0 Å². The predicted octanol–water partition coefficient (Wildman–Crippen LogP) is 3.03. The van der Waals surface area contributed by atoms with Crippen molar-refractivity contribution in [2.45, 2.75) is 31.8 Å². The summed E-state index contributed by atoms with van der Waals surface area (Å²) in [6.07, 6.45) is 2.53. The molecule has 0 spiro atoms. The number of hydrogen-bond acceptors (Lipinski definition) is 4. The Morgan fingerprint density at radius 1 is 1.37 bits per heavy atom. The van der Waals surface area contributed by atoms with Gasteiger partial charge in [0.25, 0.3) is 0 Å². The molecule has 1 atom stereocenters. The summed E-state index contributed by atoms with van der Waals surface area (Å²) < 4.78 is 11.7. The molecule has 1 aliphatic heterocycles. The fraction of sp³-hybridized carbons (Fsp3) is 0.600. The van der Waals surface area contributed by atoms with E-state index < -0.39 is 0 Å². The average Bonchev–Trinajstić information content (AvgIpc) is 2.47. The van der Waals surface area contributed by atoms with Crippen molar-refractivity contribution in [2.24, 2.45) is 5.73 Å². The van der Waals surface area contributed by atoms with Crippen molar-refractivity contribution in [3.63, 3.8) is 0 Å². The lowest BCUT2D eigenvalue weighted by molar-refractivity contribution is 0.182.